The minimum atomic E-state index is 0.357. The molecule has 0 aliphatic carbocycles. The molecule has 2 aliphatic rings. The van der Waals surface area contributed by atoms with Gasteiger partial charge in [-0.1, -0.05) is 6.07 Å². The molecule has 2 heterocycles. The topological polar surface area (TPSA) is 47.7 Å². The molecule has 3 rings (SSSR count). The van der Waals surface area contributed by atoms with Crippen molar-refractivity contribution < 1.29 is 9.47 Å². The van der Waals surface area contributed by atoms with Crippen molar-refractivity contribution in [3.63, 3.8) is 0 Å². The molecule has 19 heavy (non-hydrogen) atoms. The largest absolute Gasteiger partial charge is 0.454 e. The molecular formula is C15H22N2O2. The van der Waals surface area contributed by atoms with Gasteiger partial charge in [0.1, 0.15) is 0 Å². The number of likely N-dealkylation sites (tertiary alicyclic amines) is 1. The molecule has 0 saturated carbocycles. The molecule has 1 aromatic carbocycles. The number of nitrogens with zero attached hydrogens (tertiary/aromatic N) is 1. The van der Waals surface area contributed by atoms with Crippen LogP contribution in [0.5, 0.6) is 11.5 Å². The SMILES string of the molecule is NCCCN1CCC(c2ccc3c(c2)OCO3)CC1. The van der Waals surface area contributed by atoms with Gasteiger partial charge in [0.2, 0.25) is 6.79 Å². The molecular weight excluding hydrogens is 240 g/mol. The number of nitrogens with two attached hydrogens (primary N) is 1. The number of fused-ring (bicyclic) bond motifs is 1. The Morgan fingerprint density at radius 1 is 1.16 bits per heavy atom. The Morgan fingerprint density at radius 3 is 2.74 bits per heavy atom. The van der Waals surface area contributed by atoms with Gasteiger partial charge in [0.25, 0.3) is 0 Å². The second-order valence-corrected chi connectivity index (χ2v) is 5.37. The van der Waals surface area contributed by atoms with Crippen molar-refractivity contribution >= 4 is 0 Å². The van der Waals surface area contributed by atoms with Crippen molar-refractivity contribution in [3.05, 3.63) is 23.8 Å². The molecule has 1 saturated heterocycles. The van der Waals surface area contributed by atoms with Gasteiger partial charge in [-0.3, -0.25) is 0 Å². The zero-order valence-corrected chi connectivity index (χ0v) is 11.3. The Kier molecular flexibility index (Phi) is 3.89. The standard InChI is InChI=1S/C15H22N2O2/c16-6-1-7-17-8-4-12(5-9-17)13-2-3-14-15(10-13)19-11-18-14/h2-3,10,12H,1,4-9,11,16H2. The fraction of sp³-hybridized carbons (Fsp3) is 0.600. The number of piperidine rings is 1. The summed E-state index contributed by atoms with van der Waals surface area (Å²) in [5.74, 6) is 2.44. The van der Waals surface area contributed by atoms with Crippen LogP contribution in [0.1, 0.15) is 30.7 Å². The van der Waals surface area contributed by atoms with Crippen LogP contribution in [0.4, 0.5) is 0 Å². The molecule has 0 unspecified atom stereocenters. The Morgan fingerprint density at radius 2 is 1.95 bits per heavy atom. The van der Waals surface area contributed by atoms with Crippen molar-refractivity contribution in [2.24, 2.45) is 5.73 Å². The second kappa shape index (κ2) is 5.80. The Balaban J connectivity index is 1.59. The summed E-state index contributed by atoms with van der Waals surface area (Å²) in [4.78, 5) is 2.52. The monoisotopic (exact) mass is 262 g/mol. The number of rotatable bonds is 4. The van der Waals surface area contributed by atoms with Crippen molar-refractivity contribution in [2.45, 2.75) is 25.2 Å². The predicted octanol–water partition coefficient (Wildman–Crippen LogP) is 1.94. The summed E-state index contributed by atoms with van der Waals surface area (Å²) < 4.78 is 10.8. The van der Waals surface area contributed by atoms with E-state index in [1.165, 1.54) is 31.5 Å². The van der Waals surface area contributed by atoms with Gasteiger partial charge < -0.3 is 20.1 Å². The van der Waals surface area contributed by atoms with E-state index >= 15 is 0 Å². The van der Waals surface area contributed by atoms with Crippen LogP contribution in [0.3, 0.4) is 0 Å². The maximum atomic E-state index is 5.56. The lowest BCUT2D eigenvalue weighted by Crippen LogP contribution is -2.34. The molecule has 0 radical (unpaired) electrons. The highest BCUT2D eigenvalue weighted by atomic mass is 16.7. The van der Waals surface area contributed by atoms with Crippen molar-refractivity contribution in [2.75, 3.05) is 33.0 Å². The van der Waals surface area contributed by atoms with Crippen LogP contribution in [-0.2, 0) is 0 Å². The van der Waals surface area contributed by atoms with E-state index in [-0.39, 0.29) is 0 Å². The molecule has 4 heteroatoms. The summed E-state index contributed by atoms with van der Waals surface area (Å²) in [6.45, 7) is 4.65. The van der Waals surface area contributed by atoms with Crippen LogP contribution < -0.4 is 15.2 Å². The van der Waals surface area contributed by atoms with Crippen LogP contribution in [0.25, 0.3) is 0 Å². The van der Waals surface area contributed by atoms with Crippen molar-refractivity contribution in [1.29, 1.82) is 0 Å². The van der Waals surface area contributed by atoms with E-state index in [2.05, 4.69) is 17.0 Å². The lowest BCUT2D eigenvalue weighted by molar-refractivity contribution is 0.174. The highest BCUT2D eigenvalue weighted by Crippen LogP contribution is 2.37. The van der Waals surface area contributed by atoms with E-state index in [9.17, 15) is 0 Å². The molecule has 0 spiro atoms. The number of benzene rings is 1. The van der Waals surface area contributed by atoms with E-state index in [0.29, 0.717) is 12.7 Å². The first kappa shape index (κ1) is 12.8. The lowest BCUT2D eigenvalue weighted by Gasteiger charge is -2.32. The van der Waals surface area contributed by atoms with Gasteiger partial charge in [-0.05, 0) is 69.1 Å². The fourth-order valence-corrected chi connectivity index (χ4v) is 2.97. The number of hydrogen-bond donors (Lipinski definition) is 1. The summed E-state index contributed by atoms with van der Waals surface area (Å²) in [6, 6.07) is 6.38. The highest BCUT2D eigenvalue weighted by molar-refractivity contribution is 5.45. The van der Waals surface area contributed by atoms with Crippen LogP contribution in [0, 0.1) is 0 Å². The van der Waals surface area contributed by atoms with Gasteiger partial charge in [0, 0.05) is 0 Å². The third-order valence-corrected chi connectivity index (χ3v) is 4.13. The molecule has 2 N–H and O–H groups in total. The Bertz CT molecular complexity index is 428. The first-order valence-electron chi connectivity index (χ1n) is 7.19. The first-order chi connectivity index (χ1) is 9.36. The number of hydrogen-bond acceptors (Lipinski definition) is 4. The summed E-state index contributed by atoms with van der Waals surface area (Å²) in [5, 5.41) is 0. The highest BCUT2D eigenvalue weighted by Gasteiger charge is 2.22. The van der Waals surface area contributed by atoms with Gasteiger partial charge in [0.05, 0.1) is 0 Å². The van der Waals surface area contributed by atoms with Gasteiger partial charge in [-0.15, -0.1) is 0 Å². The summed E-state index contributed by atoms with van der Waals surface area (Å²) in [7, 11) is 0. The van der Waals surface area contributed by atoms with Crippen LogP contribution in [0.2, 0.25) is 0 Å². The predicted molar refractivity (Wildman–Crippen MR) is 74.7 cm³/mol. The summed E-state index contributed by atoms with van der Waals surface area (Å²) >= 11 is 0. The van der Waals surface area contributed by atoms with Gasteiger partial charge >= 0.3 is 0 Å². The van der Waals surface area contributed by atoms with E-state index in [0.717, 1.165) is 31.0 Å². The average molecular weight is 262 g/mol. The summed E-state index contributed by atoms with van der Waals surface area (Å²) in [5.41, 5.74) is 6.96. The van der Waals surface area contributed by atoms with Crippen LogP contribution >= 0.6 is 0 Å². The molecule has 0 aromatic heterocycles. The summed E-state index contributed by atoms with van der Waals surface area (Å²) in [6.07, 6.45) is 3.56. The van der Waals surface area contributed by atoms with E-state index in [1.54, 1.807) is 0 Å². The average Bonchev–Trinajstić information content (AvgIpc) is 2.93. The maximum absolute atomic E-state index is 5.56. The van der Waals surface area contributed by atoms with Crippen LogP contribution in [-0.4, -0.2) is 37.9 Å². The minimum absolute atomic E-state index is 0.357. The Labute approximate surface area is 114 Å². The molecule has 4 nitrogen and oxygen atoms in total. The van der Waals surface area contributed by atoms with E-state index in [1.807, 2.05) is 6.07 Å². The van der Waals surface area contributed by atoms with Gasteiger partial charge in [-0.25, -0.2) is 0 Å². The molecule has 0 amide bonds. The third-order valence-electron chi connectivity index (χ3n) is 4.13. The molecule has 104 valence electrons. The van der Waals surface area contributed by atoms with Gasteiger partial charge in [-0.2, -0.15) is 0 Å². The molecule has 1 fully saturated rings. The maximum Gasteiger partial charge on any atom is 0.231 e. The van der Waals surface area contributed by atoms with Gasteiger partial charge in [0.15, 0.2) is 11.5 Å². The van der Waals surface area contributed by atoms with Crippen molar-refractivity contribution in [1.82, 2.24) is 4.90 Å². The number of ether oxygens (including phenoxy) is 2. The molecule has 1 aromatic rings. The van der Waals surface area contributed by atoms with E-state index < -0.39 is 0 Å². The lowest BCUT2D eigenvalue weighted by atomic mass is 9.89. The third kappa shape index (κ3) is 2.85. The second-order valence-electron chi connectivity index (χ2n) is 5.37. The molecule has 0 bridgehead atoms. The Hall–Kier alpha value is -1.26. The van der Waals surface area contributed by atoms with E-state index in [4.69, 9.17) is 15.2 Å². The molecule has 0 atom stereocenters. The zero-order valence-electron chi connectivity index (χ0n) is 11.3. The normalized spacial score (nSPS) is 19.8. The zero-order chi connectivity index (χ0) is 13.1. The van der Waals surface area contributed by atoms with Crippen molar-refractivity contribution in [3.8, 4) is 11.5 Å². The van der Waals surface area contributed by atoms with Crippen LogP contribution in [0.15, 0.2) is 18.2 Å². The minimum Gasteiger partial charge on any atom is -0.454 e. The quantitative estimate of drug-likeness (QED) is 0.901. The molecule has 2 aliphatic heterocycles. The smallest absolute Gasteiger partial charge is 0.231 e. The fourth-order valence-electron chi connectivity index (χ4n) is 2.97. The first-order valence-corrected chi connectivity index (χ1v) is 7.19.